The van der Waals surface area contributed by atoms with Gasteiger partial charge in [-0.3, -0.25) is 9.69 Å². The third kappa shape index (κ3) is 2.47. The highest BCUT2D eigenvalue weighted by Crippen LogP contribution is 2.34. The van der Waals surface area contributed by atoms with Crippen molar-refractivity contribution in [3.05, 3.63) is 42.0 Å². The zero-order valence-corrected chi connectivity index (χ0v) is 12.2. The highest BCUT2D eigenvalue weighted by molar-refractivity contribution is 5.87. The Hall–Kier alpha value is -2.07. The molecule has 3 rings (SSSR count). The number of nitrogens with zero attached hydrogens (tertiary/aromatic N) is 1. The number of benzene rings is 2. The summed E-state index contributed by atoms with van der Waals surface area (Å²) in [5.41, 5.74) is 5.95. The van der Waals surface area contributed by atoms with Crippen molar-refractivity contribution < 1.29 is 9.90 Å². The molecule has 1 aliphatic rings. The first-order valence-corrected chi connectivity index (χ1v) is 7.21. The van der Waals surface area contributed by atoms with Gasteiger partial charge in [0, 0.05) is 18.7 Å². The minimum Gasteiger partial charge on any atom is -0.508 e. The minimum atomic E-state index is -0.458. The number of likely N-dealkylation sites (tertiary alicyclic amines) is 1. The number of fused-ring (bicyclic) bond motifs is 1. The van der Waals surface area contributed by atoms with Gasteiger partial charge in [0.2, 0.25) is 5.91 Å². The Morgan fingerprint density at radius 3 is 2.81 bits per heavy atom. The van der Waals surface area contributed by atoms with E-state index in [0.29, 0.717) is 18.8 Å². The maximum atomic E-state index is 11.5. The fraction of sp³-hybridized carbons (Fsp3) is 0.353. The first-order valence-electron chi connectivity index (χ1n) is 7.21. The van der Waals surface area contributed by atoms with Crippen molar-refractivity contribution in [1.82, 2.24) is 4.90 Å². The second-order valence-corrected chi connectivity index (χ2v) is 6.17. The van der Waals surface area contributed by atoms with Crippen LogP contribution in [0.3, 0.4) is 0 Å². The lowest BCUT2D eigenvalue weighted by molar-refractivity contribution is -0.126. The molecular weight excluding hydrogens is 264 g/mol. The van der Waals surface area contributed by atoms with Gasteiger partial charge in [-0.15, -0.1) is 0 Å². The Balaban J connectivity index is 1.89. The Labute approximate surface area is 124 Å². The summed E-state index contributed by atoms with van der Waals surface area (Å²) in [6, 6.07) is 11.7. The molecule has 1 heterocycles. The van der Waals surface area contributed by atoms with Gasteiger partial charge in [0.25, 0.3) is 0 Å². The summed E-state index contributed by atoms with van der Waals surface area (Å²) < 4.78 is 0. The van der Waals surface area contributed by atoms with Gasteiger partial charge in [-0.05, 0) is 36.7 Å². The van der Waals surface area contributed by atoms with E-state index in [4.69, 9.17) is 5.73 Å². The van der Waals surface area contributed by atoms with Crippen LogP contribution in [0, 0.1) is 5.41 Å². The first kappa shape index (κ1) is 13.9. The average molecular weight is 284 g/mol. The number of primary amides is 1. The van der Waals surface area contributed by atoms with E-state index in [0.717, 1.165) is 29.3 Å². The quantitative estimate of drug-likeness (QED) is 0.908. The van der Waals surface area contributed by atoms with E-state index in [9.17, 15) is 9.90 Å². The van der Waals surface area contributed by atoms with Crippen LogP contribution in [-0.4, -0.2) is 29.0 Å². The fourth-order valence-electron chi connectivity index (χ4n) is 3.11. The van der Waals surface area contributed by atoms with Gasteiger partial charge in [0.15, 0.2) is 0 Å². The standard InChI is InChI=1S/C17H20N2O2/c1-17(16(18)21)8-9-19(11-17)10-14-13-5-3-2-4-12(13)6-7-15(14)20/h2-7,20H,8-11H2,1H3,(H2,18,21). The zero-order chi connectivity index (χ0) is 15.0. The molecule has 0 saturated carbocycles. The largest absolute Gasteiger partial charge is 0.508 e. The highest BCUT2D eigenvalue weighted by atomic mass is 16.3. The van der Waals surface area contributed by atoms with E-state index in [1.54, 1.807) is 6.07 Å². The normalized spacial score (nSPS) is 22.7. The summed E-state index contributed by atoms with van der Waals surface area (Å²) in [6.45, 7) is 4.02. The molecule has 3 N–H and O–H groups in total. The van der Waals surface area contributed by atoms with E-state index in [-0.39, 0.29) is 5.91 Å². The molecule has 1 aliphatic heterocycles. The van der Waals surface area contributed by atoms with Crippen molar-refractivity contribution in [3.63, 3.8) is 0 Å². The molecule has 0 spiro atoms. The highest BCUT2D eigenvalue weighted by Gasteiger charge is 2.38. The monoisotopic (exact) mass is 284 g/mol. The Morgan fingerprint density at radius 1 is 1.33 bits per heavy atom. The molecule has 21 heavy (non-hydrogen) atoms. The molecule has 110 valence electrons. The summed E-state index contributed by atoms with van der Waals surface area (Å²) in [5.74, 6) is 0.0634. The van der Waals surface area contributed by atoms with Gasteiger partial charge in [0.05, 0.1) is 5.41 Å². The van der Waals surface area contributed by atoms with Crippen LogP contribution in [-0.2, 0) is 11.3 Å². The number of aromatic hydroxyl groups is 1. The predicted octanol–water partition coefficient (Wildman–Crippen LogP) is 2.24. The van der Waals surface area contributed by atoms with Crippen molar-refractivity contribution >= 4 is 16.7 Å². The Kier molecular flexibility index (Phi) is 3.33. The number of phenols is 1. The van der Waals surface area contributed by atoms with Crippen LogP contribution in [0.1, 0.15) is 18.9 Å². The second kappa shape index (κ2) is 5.04. The number of carbonyl (C=O) groups excluding carboxylic acids is 1. The van der Waals surface area contributed by atoms with Gasteiger partial charge < -0.3 is 10.8 Å². The summed E-state index contributed by atoms with van der Waals surface area (Å²) >= 11 is 0. The first-order chi connectivity index (χ1) is 9.99. The molecule has 1 fully saturated rings. The van der Waals surface area contributed by atoms with Gasteiger partial charge >= 0.3 is 0 Å². The number of nitrogens with two attached hydrogens (primary N) is 1. The molecule has 4 heteroatoms. The van der Waals surface area contributed by atoms with Crippen LogP contribution in [0.2, 0.25) is 0 Å². The molecule has 2 aromatic rings. The second-order valence-electron chi connectivity index (χ2n) is 6.17. The maximum absolute atomic E-state index is 11.5. The van der Waals surface area contributed by atoms with E-state index in [1.807, 2.05) is 37.3 Å². The number of hydrogen-bond acceptors (Lipinski definition) is 3. The molecule has 0 radical (unpaired) electrons. The molecule has 0 bridgehead atoms. The van der Waals surface area contributed by atoms with E-state index >= 15 is 0 Å². The smallest absolute Gasteiger partial charge is 0.224 e. The van der Waals surface area contributed by atoms with Gasteiger partial charge in [-0.1, -0.05) is 30.3 Å². The third-order valence-corrected chi connectivity index (χ3v) is 4.54. The van der Waals surface area contributed by atoms with Gasteiger partial charge in [-0.2, -0.15) is 0 Å². The number of rotatable bonds is 3. The molecule has 0 aromatic heterocycles. The average Bonchev–Trinajstić information content (AvgIpc) is 2.85. The molecule has 1 unspecified atom stereocenters. The van der Waals surface area contributed by atoms with Crippen LogP contribution >= 0.6 is 0 Å². The molecule has 0 aliphatic carbocycles. The van der Waals surface area contributed by atoms with E-state index in [1.165, 1.54) is 0 Å². The molecule has 2 aromatic carbocycles. The fourth-order valence-corrected chi connectivity index (χ4v) is 3.11. The van der Waals surface area contributed by atoms with Crippen molar-refractivity contribution in [3.8, 4) is 5.75 Å². The number of amides is 1. The van der Waals surface area contributed by atoms with Crippen LogP contribution in [0.5, 0.6) is 5.75 Å². The van der Waals surface area contributed by atoms with Crippen LogP contribution < -0.4 is 5.73 Å². The summed E-state index contributed by atoms with van der Waals surface area (Å²) in [5, 5.41) is 12.4. The van der Waals surface area contributed by atoms with E-state index in [2.05, 4.69) is 4.90 Å². The summed E-state index contributed by atoms with van der Waals surface area (Å²) in [6.07, 6.45) is 0.772. The lowest BCUT2D eigenvalue weighted by atomic mass is 9.89. The van der Waals surface area contributed by atoms with Gasteiger partial charge in [-0.25, -0.2) is 0 Å². The molecule has 1 amide bonds. The predicted molar refractivity (Wildman–Crippen MR) is 82.8 cm³/mol. The van der Waals surface area contributed by atoms with E-state index < -0.39 is 5.41 Å². The van der Waals surface area contributed by atoms with Crippen LogP contribution in [0.25, 0.3) is 10.8 Å². The molecule has 1 saturated heterocycles. The lowest BCUT2D eigenvalue weighted by Gasteiger charge is -2.22. The summed E-state index contributed by atoms with van der Waals surface area (Å²) in [4.78, 5) is 13.7. The topological polar surface area (TPSA) is 66.6 Å². The molecule has 1 atom stereocenters. The Morgan fingerprint density at radius 2 is 2.10 bits per heavy atom. The number of hydrogen-bond donors (Lipinski definition) is 2. The zero-order valence-electron chi connectivity index (χ0n) is 12.2. The van der Waals surface area contributed by atoms with Crippen molar-refractivity contribution in [1.29, 1.82) is 0 Å². The van der Waals surface area contributed by atoms with Gasteiger partial charge in [0.1, 0.15) is 5.75 Å². The minimum absolute atomic E-state index is 0.243. The number of carbonyl (C=O) groups is 1. The lowest BCUT2D eigenvalue weighted by Crippen LogP contribution is -2.36. The molecular formula is C17H20N2O2. The third-order valence-electron chi connectivity index (χ3n) is 4.54. The SMILES string of the molecule is CC1(C(N)=O)CCN(Cc2c(O)ccc3ccccc23)C1. The van der Waals surface area contributed by atoms with Crippen LogP contribution in [0.15, 0.2) is 36.4 Å². The van der Waals surface area contributed by atoms with Crippen molar-refractivity contribution in [2.75, 3.05) is 13.1 Å². The summed E-state index contributed by atoms with van der Waals surface area (Å²) in [7, 11) is 0. The van der Waals surface area contributed by atoms with Crippen molar-refractivity contribution in [2.45, 2.75) is 19.9 Å². The number of phenolic OH excluding ortho intramolecular Hbond substituents is 1. The van der Waals surface area contributed by atoms with Crippen molar-refractivity contribution in [2.24, 2.45) is 11.1 Å². The van der Waals surface area contributed by atoms with Crippen LogP contribution in [0.4, 0.5) is 0 Å². The molecule has 4 nitrogen and oxygen atoms in total. The maximum Gasteiger partial charge on any atom is 0.224 e. The Bertz CT molecular complexity index is 698.